The van der Waals surface area contributed by atoms with Crippen LogP contribution in [0.2, 0.25) is 0 Å². The maximum atomic E-state index is 8.72. The molecule has 2 nitrogen and oxygen atoms in total. The standard InChI is InChI=1S/C8H10N2S/c1-8(2,5-9)3-7-4-11-6-10-7/h4,6H,3H2,1-2H3. The predicted molar refractivity (Wildman–Crippen MR) is 45.2 cm³/mol. The summed E-state index contributed by atoms with van der Waals surface area (Å²) in [5.74, 6) is 0. The molecule has 0 aromatic carbocycles. The van der Waals surface area contributed by atoms with E-state index >= 15 is 0 Å². The van der Waals surface area contributed by atoms with Crippen LogP contribution >= 0.6 is 11.3 Å². The summed E-state index contributed by atoms with van der Waals surface area (Å²) in [4.78, 5) is 4.12. The van der Waals surface area contributed by atoms with Crippen molar-refractivity contribution in [1.82, 2.24) is 4.98 Å². The van der Waals surface area contributed by atoms with Crippen LogP contribution in [0.3, 0.4) is 0 Å². The first kappa shape index (κ1) is 8.22. The lowest BCUT2D eigenvalue weighted by Crippen LogP contribution is -2.11. The average Bonchev–Trinajstić information content (AvgIpc) is 2.39. The number of hydrogen-bond donors (Lipinski definition) is 0. The van der Waals surface area contributed by atoms with Crippen LogP contribution in [0, 0.1) is 16.7 Å². The minimum atomic E-state index is -0.284. The summed E-state index contributed by atoms with van der Waals surface area (Å²) >= 11 is 1.57. The molecular formula is C8H10N2S. The van der Waals surface area contributed by atoms with Gasteiger partial charge in [-0.25, -0.2) is 4.98 Å². The third kappa shape index (κ3) is 2.32. The van der Waals surface area contributed by atoms with Gasteiger partial charge in [-0.05, 0) is 13.8 Å². The van der Waals surface area contributed by atoms with Crippen molar-refractivity contribution < 1.29 is 0 Å². The highest BCUT2D eigenvalue weighted by Crippen LogP contribution is 2.19. The lowest BCUT2D eigenvalue weighted by molar-refractivity contribution is 0.488. The SMILES string of the molecule is CC(C)(C#N)Cc1cscn1. The van der Waals surface area contributed by atoms with Gasteiger partial charge in [0.1, 0.15) is 0 Å². The number of hydrogen-bond acceptors (Lipinski definition) is 3. The summed E-state index contributed by atoms with van der Waals surface area (Å²) < 4.78 is 0. The van der Waals surface area contributed by atoms with Gasteiger partial charge in [0.05, 0.1) is 22.7 Å². The fraction of sp³-hybridized carbons (Fsp3) is 0.500. The summed E-state index contributed by atoms with van der Waals surface area (Å²) in [5, 5.41) is 10.7. The Morgan fingerprint density at radius 2 is 2.45 bits per heavy atom. The van der Waals surface area contributed by atoms with Crippen molar-refractivity contribution in [1.29, 1.82) is 5.26 Å². The van der Waals surface area contributed by atoms with E-state index in [0.29, 0.717) is 0 Å². The monoisotopic (exact) mass is 166 g/mol. The summed E-state index contributed by atoms with van der Waals surface area (Å²) in [6.45, 7) is 3.85. The number of aromatic nitrogens is 1. The normalized spacial score (nSPS) is 11.0. The Hall–Kier alpha value is -0.880. The molecule has 0 saturated heterocycles. The maximum Gasteiger partial charge on any atom is 0.0794 e. The molecule has 0 bridgehead atoms. The molecule has 58 valence electrons. The second kappa shape index (κ2) is 3.02. The van der Waals surface area contributed by atoms with Crippen LogP contribution in [0.1, 0.15) is 19.5 Å². The summed E-state index contributed by atoms with van der Waals surface area (Å²) in [6.07, 6.45) is 0.743. The molecule has 0 saturated carbocycles. The Balaban J connectivity index is 2.65. The van der Waals surface area contributed by atoms with Gasteiger partial charge in [0.15, 0.2) is 0 Å². The zero-order valence-corrected chi connectivity index (χ0v) is 7.48. The largest absolute Gasteiger partial charge is 0.250 e. The van der Waals surface area contributed by atoms with Crippen molar-refractivity contribution >= 4 is 11.3 Å². The smallest absolute Gasteiger partial charge is 0.0794 e. The molecule has 3 heteroatoms. The van der Waals surface area contributed by atoms with Gasteiger partial charge in [-0.1, -0.05) is 0 Å². The van der Waals surface area contributed by atoms with Gasteiger partial charge in [-0.3, -0.25) is 0 Å². The number of rotatable bonds is 2. The van der Waals surface area contributed by atoms with Gasteiger partial charge in [0.25, 0.3) is 0 Å². The molecule has 0 aliphatic heterocycles. The zero-order chi connectivity index (χ0) is 8.32. The molecule has 0 aliphatic carbocycles. The van der Waals surface area contributed by atoms with Gasteiger partial charge < -0.3 is 0 Å². The van der Waals surface area contributed by atoms with E-state index in [9.17, 15) is 0 Å². The third-order valence-corrected chi connectivity index (χ3v) is 2.04. The predicted octanol–water partition coefficient (Wildman–Crippen LogP) is 2.24. The Labute approximate surface area is 70.5 Å². The van der Waals surface area contributed by atoms with Crippen molar-refractivity contribution in [3.63, 3.8) is 0 Å². The van der Waals surface area contributed by atoms with E-state index in [2.05, 4.69) is 11.1 Å². The lowest BCUT2D eigenvalue weighted by atomic mass is 9.90. The minimum absolute atomic E-state index is 0.284. The molecule has 11 heavy (non-hydrogen) atoms. The van der Waals surface area contributed by atoms with Crippen LogP contribution in [0.5, 0.6) is 0 Å². The van der Waals surface area contributed by atoms with Gasteiger partial charge in [0, 0.05) is 11.8 Å². The van der Waals surface area contributed by atoms with Gasteiger partial charge in [0.2, 0.25) is 0 Å². The molecule has 0 amide bonds. The highest BCUT2D eigenvalue weighted by molar-refractivity contribution is 7.07. The highest BCUT2D eigenvalue weighted by Gasteiger charge is 2.17. The van der Waals surface area contributed by atoms with Crippen molar-refractivity contribution in [2.45, 2.75) is 20.3 Å². The molecule has 0 aliphatic rings. The fourth-order valence-electron chi connectivity index (χ4n) is 0.817. The van der Waals surface area contributed by atoms with Crippen LogP contribution in [0.4, 0.5) is 0 Å². The van der Waals surface area contributed by atoms with Crippen LogP contribution < -0.4 is 0 Å². The Morgan fingerprint density at radius 3 is 2.91 bits per heavy atom. The number of thiazole rings is 1. The molecule has 1 aromatic heterocycles. The quantitative estimate of drug-likeness (QED) is 0.675. The van der Waals surface area contributed by atoms with E-state index in [-0.39, 0.29) is 5.41 Å². The lowest BCUT2D eigenvalue weighted by Gasteiger charge is -2.11. The van der Waals surface area contributed by atoms with E-state index in [0.717, 1.165) is 12.1 Å². The van der Waals surface area contributed by atoms with Gasteiger partial charge in [-0.2, -0.15) is 5.26 Å². The minimum Gasteiger partial charge on any atom is -0.250 e. The van der Waals surface area contributed by atoms with E-state index in [1.54, 1.807) is 16.8 Å². The van der Waals surface area contributed by atoms with Crippen molar-refractivity contribution in [3.8, 4) is 6.07 Å². The molecular weight excluding hydrogens is 156 g/mol. The number of nitriles is 1. The Morgan fingerprint density at radius 1 is 1.73 bits per heavy atom. The summed E-state index contributed by atoms with van der Waals surface area (Å²) in [7, 11) is 0. The molecule has 0 unspecified atom stereocenters. The Bertz CT molecular complexity index is 256. The van der Waals surface area contributed by atoms with E-state index in [1.807, 2.05) is 19.2 Å². The topological polar surface area (TPSA) is 36.7 Å². The van der Waals surface area contributed by atoms with E-state index in [4.69, 9.17) is 5.26 Å². The van der Waals surface area contributed by atoms with Gasteiger partial charge >= 0.3 is 0 Å². The summed E-state index contributed by atoms with van der Waals surface area (Å²) in [5.41, 5.74) is 2.53. The van der Waals surface area contributed by atoms with Crippen molar-refractivity contribution in [2.75, 3.05) is 0 Å². The molecule has 1 heterocycles. The second-order valence-corrected chi connectivity index (χ2v) is 3.87. The van der Waals surface area contributed by atoms with Crippen molar-refractivity contribution in [3.05, 3.63) is 16.6 Å². The second-order valence-electron chi connectivity index (χ2n) is 3.15. The summed E-state index contributed by atoms with van der Waals surface area (Å²) in [6, 6.07) is 2.24. The first-order chi connectivity index (χ1) is 5.14. The highest BCUT2D eigenvalue weighted by atomic mass is 32.1. The fourth-order valence-corrected chi connectivity index (χ4v) is 1.38. The molecule has 1 rings (SSSR count). The first-order valence-electron chi connectivity index (χ1n) is 3.42. The number of nitrogens with zero attached hydrogens (tertiary/aromatic N) is 2. The molecule has 0 atom stereocenters. The van der Waals surface area contributed by atoms with E-state index < -0.39 is 0 Å². The third-order valence-electron chi connectivity index (χ3n) is 1.41. The van der Waals surface area contributed by atoms with Gasteiger partial charge in [-0.15, -0.1) is 11.3 Å². The van der Waals surface area contributed by atoms with Crippen LogP contribution in [0.25, 0.3) is 0 Å². The van der Waals surface area contributed by atoms with Crippen LogP contribution in [-0.2, 0) is 6.42 Å². The van der Waals surface area contributed by atoms with Crippen LogP contribution in [0.15, 0.2) is 10.9 Å². The van der Waals surface area contributed by atoms with E-state index in [1.165, 1.54) is 0 Å². The maximum absolute atomic E-state index is 8.72. The zero-order valence-electron chi connectivity index (χ0n) is 6.66. The molecule has 0 spiro atoms. The first-order valence-corrected chi connectivity index (χ1v) is 4.37. The molecule has 0 radical (unpaired) electrons. The molecule has 0 N–H and O–H groups in total. The molecule has 1 aromatic rings. The average molecular weight is 166 g/mol. The van der Waals surface area contributed by atoms with Crippen LogP contribution in [-0.4, -0.2) is 4.98 Å². The van der Waals surface area contributed by atoms with Crippen molar-refractivity contribution in [2.24, 2.45) is 5.41 Å². The molecule has 0 fully saturated rings. The Kier molecular flexibility index (Phi) is 2.25.